The van der Waals surface area contributed by atoms with Gasteiger partial charge in [0.25, 0.3) is 5.91 Å². The first-order chi connectivity index (χ1) is 12.6. The van der Waals surface area contributed by atoms with Gasteiger partial charge in [-0.1, -0.05) is 24.3 Å². The van der Waals surface area contributed by atoms with E-state index >= 15 is 0 Å². The lowest BCUT2D eigenvalue weighted by Gasteiger charge is -2.18. The molecule has 0 atom stereocenters. The Kier molecular flexibility index (Phi) is 5.37. The van der Waals surface area contributed by atoms with Crippen molar-refractivity contribution in [3.8, 4) is 5.69 Å². The summed E-state index contributed by atoms with van der Waals surface area (Å²) in [6.45, 7) is -0.0931. The number of carbonyl (C=O) groups is 2. The lowest BCUT2D eigenvalue weighted by Crippen LogP contribution is -2.35. The number of rotatable bonds is 5. The number of hydrogen-bond acceptors (Lipinski definition) is 5. The van der Waals surface area contributed by atoms with E-state index < -0.39 is 0 Å². The van der Waals surface area contributed by atoms with Crippen LogP contribution in [0.1, 0.15) is 10.4 Å². The molecule has 0 aliphatic heterocycles. The average Bonchev–Trinajstić information content (AvgIpc) is 3.17. The molecule has 0 bridgehead atoms. The van der Waals surface area contributed by atoms with Gasteiger partial charge in [0.15, 0.2) is 0 Å². The van der Waals surface area contributed by atoms with E-state index in [-0.39, 0.29) is 18.4 Å². The third-order valence-electron chi connectivity index (χ3n) is 3.61. The van der Waals surface area contributed by atoms with Gasteiger partial charge in [0.05, 0.1) is 23.5 Å². The van der Waals surface area contributed by atoms with Crippen LogP contribution in [0.25, 0.3) is 5.69 Å². The predicted octanol–water partition coefficient (Wildman–Crippen LogP) is 2.14. The maximum atomic E-state index is 12.8. The topological polar surface area (TPSA) is 93.0 Å². The summed E-state index contributed by atoms with van der Waals surface area (Å²) in [5.74, 6) is -0.606. The first kappa shape index (κ1) is 17.7. The van der Waals surface area contributed by atoms with Crippen LogP contribution in [0.2, 0.25) is 0 Å². The molecule has 0 saturated carbocycles. The van der Waals surface area contributed by atoms with Crippen LogP contribution in [-0.2, 0) is 4.79 Å². The van der Waals surface area contributed by atoms with E-state index in [1.54, 1.807) is 37.4 Å². The highest BCUT2D eigenvalue weighted by Gasteiger charge is 2.19. The number of nitrogens with one attached hydrogen (secondary N) is 1. The van der Waals surface area contributed by atoms with Crippen LogP contribution in [0.5, 0.6) is 0 Å². The van der Waals surface area contributed by atoms with Gasteiger partial charge in [-0.05, 0) is 50.6 Å². The second kappa shape index (κ2) is 7.87. The maximum absolute atomic E-state index is 12.8. The minimum absolute atomic E-state index is 0.0931. The molecule has 2 aromatic carbocycles. The third-order valence-corrected chi connectivity index (χ3v) is 4.30. The summed E-state index contributed by atoms with van der Waals surface area (Å²) in [5, 5.41) is 13.8. The molecule has 132 valence electrons. The fourth-order valence-electron chi connectivity index (χ4n) is 2.37. The molecule has 0 spiro atoms. The largest absolute Gasteiger partial charge is 0.332 e. The Balaban J connectivity index is 1.73. The SMILES string of the molecule is CN(CC(=O)Nc1ccccc1Br)C(=O)c1ccccc1-n1cnnn1. The first-order valence-corrected chi connectivity index (χ1v) is 8.48. The van der Waals surface area contributed by atoms with Crippen LogP contribution < -0.4 is 5.32 Å². The zero-order chi connectivity index (χ0) is 18.5. The number of hydrogen-bond donors (Lipinski definition) is 1. The number of tetrazole rings is 1. The highest BCUT2D eigenvalue weighted by Crippen LogP contribution is 2.21. The number of halogens is 1. The Morgan fingerprint density at radius 3 is 2.62 bits per heavy atom. The molecule has 0 fully saturated rings. The van der Waals surface area contributed by atoms with E-state index in [4.69, 9.17) is 0 Å². The van der Waals surface area contributed by atoms with Crippen LogP contribution in [-0.4, -0.2) is 50.5 Å². The monoisotopic (exact) mass is 414 g/mol. The molecule has 0 aliphatic carbocycles. The molecule has 0 aliphatic rings. The Bertz CT molecular complexity index is 929. The van der Waals surface area contributed by atoms with Crippen molar-refractivity contribution >= 4 is 33.4 Å². The molecule has 1 aromatic heterocycles. The molecule has 1 heterocycles. The van der Waals surface area contributed by atoms with Crippen LogP contribution >= 0.6 is 15.9 Å². The van der Waals surface area contributed by atoms with E-state index in [9.17, 15) is 9.59 Å². The normalized spacial score (nSPS) is 10.4. The van der Waals surface area contributed by atoms with Crippen molar-refractivity contribution < 1.29 is 9.59 Å². The number of benzene rings is 2. The van der Waals surface area contributed by atoms with Gasteiger partial charge >= 0.3 is 0 Å². The second-order valence-corrected chi connectivity index (χ2v) is 6.32. The van der Waals surface area contributed by atoms with E-state index in [0.29, 0.717) is 16.9 Å². The fourth-order valence-corrected chi connectivity index (χ4v) is 2.75. The van der Waals surface area contributed by atoms with Crippen molar-refractivity contribution in [2.75, 3.05) is 18.9 Å². The van der Waals surface area contributed by atoms with Gasteiger partial charge in [0, 0.05) is 11.5 Å². The number of carbonyl (C=O) groups excluding carboxylic acids is 2. The molecule has 0 unspecified atom stereocenters. The number of aromatic nitrogens is 4. The summed E-state index contributed by atoms with van der Waals surface area (Å²) >= 11 is 3.37. The fraction of sp³-hybridized carbons (Fsp3) is 0.118. The molecule has 0 radical (unpaired) electrons. The smallest absolute Gasteiger partial charge is 0.256 e. The van der Waals surface area contributed by atoms with Crippen LogP contribution in [0.4, 0.5) is 5.69 Å². The van der Waals surface area contributed by atoms with Crippen molar-refractivity contribution in [1.29, 1.82) is 0 Å². The molecule has 0 saturated heterocycles. The minimum Gasteiger partial charge on any atom is -0.332 e. The van der Waals surface area contributed by atoms with Gasteiger partial charge in [-0.25, -0.2) is 0 Å². The third kappa shape index (κ3) is 3.94. The zero-order valence-electron chi connectivity index (χ0n) is 13.8. The summed E-state index contributed by atoms with van der Waals surface area (Å²) in [6, 6.07) is 14.2. The van der Waals surface area contributed by atoms with E-state index in [1.807, 2.05) is 18.2 Å². The van der Waals surface area contributed by atoms with Crippen molar-refractivity contribution in [2.24, 2.45) is 0 Å². The molecule has 1 N–H and O–H groups in total. The van der Waals surface area contributed by atoms with Crippen molar-refractivity contribution in [1.82, 2.24) is 25.1 Å². The Morgan fingerprint density at radius 2 is 1.88 bits per heavy atom. The highest BCUT2D eigenvalue weighted by molar-refractivity contribution is 9.10. The summed E-state index contributed by atoms with van der Waals surface area (Å²) in [5.41, 5.74) is 1.59. The molecular formula is C17H15BrN6O2. The molecule has 3 aromatic rings. The maximum Gasteiger partial charge on any atom is 0.256 e. The summed E-state index contributed by atoms with van der Waals surface area (Å²) < 4.78 is 2.17. The number of anilines is 1. The Hall–Kier alpha value is -3.07. The lowest BCUT2D eigenvalue weighted by molar-refractivity contribution is -0.116. The number of amides is 2. The van der Waals surface area contributed by atoms with Gasteiger partial charge in [0.1, 0.15) is 6.33 Å². The van der Waals surface area contributed by atoms with Gasteiger partial charge in [0.2, 0.25) is 5.91 Å². The van der Waals surface area contributed by atoms with Gasteiger partial charge in [-0.3, -0.25) is 9.59 Å². The minimum atomic E-state index is -0.307. The van der Waals surface area contributed by atoms with Gasteiger partial charge in [-0.2, -0.15) is 4.68 Å². The Labute approximate surface area is 157 Å². The van der Waals surface area contributed by atoms with Crippen LogP contribution in [0, 0.1) is 0 Å². The number of para-hydroxylation sites is 2. The van der Waals surface area contributed by atoms with Gasteiger partial charge in [-0.15, -0.1) is 5.10 Å². The number of nitrogens with zero attached hydrogens (tertiary/aromatic N) is 5. The van der Waals surface area contributed by atoms with E-state index in [1.165, 1.54) is 15.9 Å². The van der Waals surface area contributed by atoms with Crippen molar-refractivity contribution in [3.63, 3.8) is 0 Å². The molecular weight excluding hydrogens is 400 g/mol. The van der Waals surface area contributed by atoms with Crippen LogP contribution in [0.3, 0.4) is 0 Å². The second-order valence-electron chi connectivity index (χ2n) is 5.46. The molecule has 2 amide bonds. The average molecular weight is 415 g/mol. The van der Waals surface area contributed by atoms with Crippen LogP contribution in [0.15, 0.2) is 59.3 Å². The quantitative estimate of drug-likeness (QED) is 0.689. The van der Waals surface area contributed by atoms with Gasteiger partial charge < -0.3 is 10.2 Å². The lowest BCUT2D eigenvalue weighted by atomic mass is 10.1. The molecule has 26 heavy (non-hydrogen) atoms. The van der Waals surface area contributed by atoms with Crippen molar-refractivity contribution in [2.45, 2.75) is 0 Å². The summed E-state index contributed by atoms with van der Waals surface area (Å²) in [4.78, 5) is 26.4. The standard InChI is InChI=1S/C17H15BrN6O2/c1-23(10-16(25)20-14-8-4-3-7-13(14)18)17(26)12-6-2-5-9-15(12)24-11-19-21-22-24/h2-9,11H,10H2,1H3,(H,20,25). The first-order valence-electron chi connectivity index (χ1n) is 7.68. The molecule has 3 rings (SSSR count). The summed E-state index contributed by atoms with van der Waals surface area (Å²) in [6.07, 6.45) is 1.41. The molecule has 8 nitrogen and oxygen atoms in total. The molecule has 9 heteroatoms. The van der Waals surface area contributed by atoms with E-state index in [2.05, 4.69) is 36.8 Å². The van der Waals surface area contributed by atoms with E-state index in [0.717, 1.165) is 4.47 Å². The highest BCUT2D eigenvalue weighted by atomic mass is 79.9. The van der Waals surface area contributed by atoms with Crippen molar-refractivity contribution in [3.05, 3.63) is 64.9 Å². The predicted molar refractivity (Wildman–Crippen MR) is 98.9 cm³/mol. The summed E-state index contributed by atoms with van der Waals surface area (Å²) in [7, 11) is 1.57. The number of likely N-dealkylation sites (N-methyl/N-ethyl adjacent to an activating group) is 1. The zero-order valence-corrected chi connectivity index (χ0v) is 15.4. The Morgan fingerprint density at radius 1 is 1.15 bits per heavy atom.